The maximum Gasteiger partial charge on any atom is 0.191 e. The van der Waals surface area contributed by atoms with E-state index in [2.05, 4.69) is 62.7 Å². The maximum atomic E-state index is 5.55. The monoisotopic (exact) mass is 529 g/mol. The SMILES string of the molecule is CN=C(NCCCN1CCC(C)CC1)NCC(c1ccccc1)N1CCOCC1.I. The van der Waals surface area contributed by atoms with Gasteiger partial charge in [0.2, 0.25) is 0 Å². The van der Waals surface area contributed by atoms with Gasteiger partial charge in [-0.1, -0.05) is 37.3 Å². The van der Waals surface area contributed by atoms with Gasteiger partial charge >= 0.3 is 0 Å². The average molecular weight is 530 g/mol. The zero-order valence-corrected chi connectivity index (χ0v) is 21.0. The van der Waals surface area contributed by atoms with E-state index >= 15 is 0 Å². The highest BCUT2D eigenvalue weighted by atomic mass is 127. The van der Waals surface area contributed by atoms with E-state index in [9.17, 15) is 0 Å². The van der Waals surface area contributed by atoms with Crippen molar-refractivity contribution in [3.05, 3.63) is 35.9 Å². The van der Waals surface area contributed by atoms with Gasteiger partial charge in [0.1, 0.15) is 0 Å². The molecule has 2 fully saturated rings. The van der Waals surface area contributed by atoms with Crippen LogP contribution in [0.1, 0.15) is 37.8 Å². The smallest absolute Gasteiger partial charge is 0.191 e. The van der Waals surface area contributed by atoms with Crippen molar-refractivity contribution in [3.63, 3.8) is 0 Å². The quantitative estimate of drug-likeness (QED) is 0.235. The molecule has 0 saturated carbocycles. The normalized spacial score (nSPS) is 20.4. The van der Waals surface area contributed by atoms with E-state index in [1.165, 1.54) is 38.0 Å². The van der Waals surface area contributed by atoms with Crippen LogP contribution in [0.15, 0.2) is 35.3 Å². The predicted octanol–water partition coefficient (Wildman–Crippen LogP) is 2.96. The van der Waals surface area contributed by atoms with Gasteiger partial charge in [-0.25, -0.2) is 0 Å². The number of aliphatic imine (C=N–C) groups is 1. The number of guanidine groups is 1. The molecule has 7 heteroatoms. The molecule has 2 aliphatic rings. The van der Waals surface area contributed by atoms with Crippen molar-refractivity contribution in [2.75, 3.05) is 66.1 Å². The summed E-state index contributed by atoms with van der Waals surface area (Å²) in [5.41, 5.74) is 1.34. The van der Waals surface area contributed by atoms with E-state index < -0.39 is 0 Å². The minimum Gasteiger partial charge on any atom is -0.379 e. The van der Waals surface area contributed by atoms with Crippen LogP contribution < -0.4 is 10.6 Å². The molecule has 0 bridgehead atoms. The van der Waals surface area contributed by atoms with Crippen LogP contribution in [-0.4, -0.2) is 81.8 Å². The summed E-state index contributed by atoms with van der Waals surface area (Å²) in [6.45, 7) is 11.4. The summed E-state index contributed by atoms with van der Waals surface area (Å²) in [6.07, 6.45) is 3.85. The first-order valence-electron chi connectivity index (χ1n) is 11.3. The third-order valence-corrected chi connectivity index (χ3v) is 6.18. The number of likely N-dealkylation sites (tertiary alicyclic amines) is 1. The number of benzene rings is 1. The fourth-order valence-corrected chi connectivity index (χ4v) is 4.23. The van der Waals surface area contributed by atoms with E-state index in [0.717, 1.165) is 57.7 Å². The van der Waals surface area contributed by atoms with Gasteiger partial charge in [0.25, 0.3) is 0 Å². The van der Waals surface area contributed by atoms with Crippen LogP contribution in [0.3, 0.4) is 0 Å². The number of morpholine rings is 1. The van der Waals surface area contributed by atoms with Crippen LogP contribution in [-0.2, 0) is 4.74 Å². The number of piperidine rings is 1. The first-order chi connectivity index (χ1) is 14.3. The number of nitrogens with one attached hydrogen (secondary N) is 2. The van der Waals surface area contributed by atoms with Crippen molar-refractivity contribution in [1.29, 1.82) is 0 Å². The summed E-state index contributed by atoms with van der Waals surface area (Å²) in [5.74, 6) is 1.79. The summed E-state index contributed by atoms with van der Waals surface area (Å²) in [4.78, 5) is 9.54. The fraction of sp³-hybridized carbons (Fsp3) is 0.696. The Bertz CT molecular complexity index is 601. The third kappa shape index (κ3) is 8.32. The molecule has 0 aromatic heterocycles. The van der Waals surface area contributed by atoms with E-state index in [-0.39, 0.29) is 24.0 Å². The van der Waals surface area contributed by atoms with Crippen molar-refractivity contribution in [2.24, 2.45) is 10.9 Å². The topological polar surface area (TPSA) is 52.1 Å². The second-order valence-electron chi connectivity index (χ2n) is 8.33. The molecule has 1 unspecified atom stereocenters. The van der Waals surface area contributed by atoms with Gasteiger partial charge in [-0.15, -0.1) is 24.0 Å². The highest BCUT2D eigenvalue weighted by Gasteiger charge is 2.22. The Labute approximate surface area is 199 Å². The highest BCUT2D eigenvalue weighted by Crippen LogP contribution is 2.21. The van der Waals surface area contributed by atoms with Crippen LogP contribution in [0.25, 0.3) is 0 Å². The summed E-state index contributed by atoms with van der Waals surface area (Å²) < 4.78 is 5.55. The summed E-state index contributed by atoms with van der Waals surface area (Å²) in [5, 5.41) is 7.05. The highest BCUT2D eigenvalue weighted by molar-refractivity contribution is 14.0. The van der Waals surface area contributed by atoms with Crippen LogP contribution in [0.5, 0.6) is 0 Å². The number of hydrogen-bond donors (Lipinski definition) is 2. The summed E-state index contributed by atoms with van der Waals surface area (Å²) >= 11 is 0. The summed E-state index contributed by atoms with van der Waals surface area (Å²) in [7, 11) is 1.85. The number of ether oxygens (including phenoxy) is 1. The Kier molecular flexibility index (Phi) is 12.0. The molecule has 0 amide bonds. The second kappa shape index (κ2) is 14.2. The fourth-order valence-electron chi connectivity index (χ4n) is 4.23. The van der Waals surface area contributed by atoms with Crippen molar-refractivity contribution in [3.8, 4) is 0 Å². The minimum absolute atomic E-state index is 0. The molecule has 30 heavy (non-hydrogen) atoms. The molecule has 0 radical (unpaired) electrons. The van der Waals surface area contributed by atoms with E-state index in [0.29, 0.717) is 6.04 Å². The van der Waals surface area contributed by atoms with E-state index in [1.807, 2.05) is 7.05 Å². The van der Waals surface area contributed by atoms with Crippen molar-refractivity contribution < 1.29 is 4.74 Å². The molecule has 0 aliphatic carbocycles. The molecule has 2 N–H and O–H groups in total. The molecular weight excluding hydrogens is 489 g/mol. The van der Waals surface area contributed by atoms with Crippen LogP contribution in [0.2, 0.25) is 0 Å². The van der Waals surface area contributed by atoms with Crippen LogP contribution >= 0.6 is 24.0 Å². The molecule has 1 aromatic carbocycles. The van der Waals surface area contributed by atoms with Gasteiger partial charge in [0.05, 0.1) is 19.3 Å². The molecule has 2 heterocycles. The van der Waals surface area contributed by atoms with Crippen LogP contribution in [0, 0.1) is 5.92 Å². The minimum atomic E-state index is 0. The van der Waals surface area contributed by atoms with E-state index in [1.54, 1.807) is 0 Å². The third-order valence-electron chi connectivity index (χ3n) is 6.18. The lowest BCUT2D eigenvalue weighted by Gasteiger charge is -2.35. The lowest BCUT2D eigenvalue weighted by atomic mass is 9.99. The van der Waals surface area contributed by atoms with Gasteiger partial charge in [0, 0.05) is 33.2 Å². The van der Waals surface area contributed by atoms with Crippen LogP contribution in [0.4, 0.5) is 0 Å². The van der Waals surface area contributed by atoms with Gasteiger partial charge < -0.3 is 20.3 Å². The first kappa shape index (κ1) is 25.4. The lowest BCUT2D eigenvalue weighted by Crippen LogP contribution is -2.46. The lowest BCUT2D eigenvalue weighted by molar-refractivity contribution is 0.0170. The molecular formula is C23H40IN5O. The van der Waals surface area contributed by atoms with Gasteiger partial charge in [0.15, 0.2) is 5.96 Å². The number of halogens is 1. The zero-order valence-electron chi connectivity index (χ0n) is 18.7. The van der Waals surface area contributed by atoms with Gasteiger partial charge in [-0.2, -0.15) is 0 Å². The predicted molar refractivity (Wildman–Crippen MR) is 136 cm³/mol. The standard InChI is InChI=1S/C23H39N5O.HI/c1-20-9-13-27(14-10-20)12-6-11-25-23(24-2)26-19-22(21-7-4-3-5-8-21)28-15-17-29-18-16-28;/h3-5,7-8,20,22H,6,9-19H2,1-2H3,(H2,24,25,26);1H. The first-order valence-corrected chi connectivity index (χ1v) is 11.3. The molecule has 3 rings (SSSR count). The molecule has 2 saturated heterocycles. The van der Waals surface area contributed by atoms with Crippen molar-refractivity contribution in [2.45, 2.75) is 32.2 Å². The number of hydrogen-bond acceptors (Lipinski definition) is 4. The Balaban J connectivity index is 0.00000320. The molecule has 1 aromatic rings. The van der Waals surface area contributed by atoms with E-state index in [4.69, 9.17) is 4.74 Å². The molecule has 2 aliphatic heterocycles. The largest absolute Gasteiger partial charge is 0.379 e. The number of rotatable bonds is 8. The second-order valence-corrected chi connectivity index (χ2v) is 8.33. The molecule has 1 atom stereocenters. The maximum absolute atomic E-state index is 5.55. The average Bonchev–Trinajstić information content (AvgIpc) is 2.78. The van der Waals surface area contributed by atoms with Gasteiger partial charge in [-0.3, -0.25) is 9.89 Å². The molecule has 6 nitrogen and oxygen atoms in total. The van der Waals surface area contributed by atoms with Crippen molar-refractivity contribution >= 4 is 29.9 Å². The Morgan fingerprint density at radius 2 is 1.80 bits per heavy atom. The number of nitrogens with zero attached hydrogens (tertiary/aromatic N) is 3. The Morgan fingerprint density at radius 3 is 2.47 bits per heavy atom. The van der Waals surface area contributed by atoms with Crippen molar-refractivity contribution in [1.82, 2.24) is 20.4 Å². The van der Waals surface area contributed by atoms with Gasteiger partial charge in [-0.05, 0) is 50.4 Å². The Hall–Kier alpha value is -0.900. The zero-order chi connectivity index (χ0) is 20.3. The molecule has 0 spiro atoms. The molecule has 170 valence electrons. The summed E-state index contributed by atoms with van der Waals surface area (Å²) in [6, 6.07) is 11.1. The Morgan fingerprint density at radius 1 is 1.10 bits per heavy atom.